The maximum absolute atomic E-state index is 12.8. The van der Waals surface area contributed by atoms with E-state index in [2.05, 4.69) is 70.7 Å². The summed E-state index contributed by atoms with van der Waals surface area (Å²) >= 11 is 1.81. The molecule has 1 aliphatic rings. The highest BCUT2D eigenvalue weighted by atomic mass is 32.1. The standard InChI is InChI=1S/C44H59N3O4S/c1-2-3-4-5-6-7-8-9-10-11-12-13-14-15-16-22-44(49)51-36-47-41-35-38(25-23-37(41)24-26-43(47)48)50-33-18-17-28-45-29-31-46(32-30-45)40-20-19-21-42-39(40)27-34-52-42/h6-7,9-10,19-21,23-27,34-35H,2-5,8,11-18,22,28-33,36H2,1H3/b7-6-,10-9-. The summed E-state index contributed by atoms with van der Waals surface area (Å²) in [6.45, 7) is 8.08. The second-order valence-corrected chi connectivity index (χ2v) is 14.9. The van der Waals surface area contributed by atoms with Gasteiger partial charge in [-0.15, -0.1) is 11.3 Å². The number of carbonyl (C=O) groups excluding carboxylic acids is 1. The molecule has 0 N–H and O–H groups in total. The molecule has 1 fully saturated rings. The maximum Gasteiger partial charge on any atom is 0.307 e. The lowest BCUT2D eigenvalue weighted by Gasteiger charge is -2.36. The van der Waals surface area contributed by atoms with Gasteiger partial charge in [0.05, 0.1) is 12.1 Å². The van der Waals surface area contributed by atoms with Crippen LogP contribution in [0.2, 0.25) is 0 Å². The van der Waals surface area contributed by atoms with E-state index in [1.807, 2.05) is 35.6 Å². The van der Waals surface area contributed by atoms with E-state index in [1.54, 1.807) is 0 Å². The second kappa shape index (κ2) is 22.2. The zero-order valence-electron chi connectivity index (χ0n) is 31.3. The van der Waals surface area contributed by atoms with Crippen molar-refractivity contribution in [1.82, 2.24) is 9.47 Å². The zero-order chi connectivity index (χ0) is 36.2. The van der Waals surface area contributed by atoms with Crippen molar-refractivity contribution < 1.29 is 14.3 Å². The Hall–Kier alpha value is -3.88. The van der Waals surface area contributed by atoms with Crippen LogP contribution in [0.15, 0.2) is 89.1 Å². The third-order valence-electron chi connectivity index (χ3n) is 9.97. The predicted molar refractivity (Wildman–Crippen MR) is 219 cm³/mol. The number of fused-ring (bicyclic) bond motifs is 2. The summed E-state index contributed by atoms with van der Waals surface area (Å²) < 4.78 is 14.5. The summed E-state index contributed by atoms with van der Waals surface area (Å²) in [5, 5.41) is 4.46. The van der Waals surface area contributed by atoms with Gasteiger partial charge >= 0.3 is 5.97 Å². The fourth-order valence-electron chi connectivity index (χ4n) is 6.87. The number of ether oxygens (including phenoxy) is 2. The Labute approximate surface area is 314 Å². The zero-order valence-corrected chi connectivity index (χ0v) is 32.1. The lowest BCUT2D eigenvalue weighted by atomic mass is 10.1. The molecule has 1 saturated heterocycles. The molecule has 0 bridgehead atoms. The van der Waals surface area contributed by atoms with E-state index >= 15 is 0 Å². The number of piperazine rings is 1. The number of esters is 1. The lowest BCUT2D eigenvalue weighted by Crippen LogP contribution is -2.46. The van der Waals surface area contributed by atoms with Gasteiger partial charge in [0.2, 0.25) is 0 Å². The number of rotatable bonds is 23. The van der Waals surface area contributed by atoms with Crippen LogP contribution in [0, 0.1) is 0 Å². The van der Waals surface area contributed by atoms with Crippen molar-refractivity contribution in [1.29, 1.82) is 0 Å². The molecule has 0 unspecified atom stereocenters. The number of unbranched alkanes of at least 4 members (excludes halogenated alkanes) is 9. The molecular weight excluding hydrogens is 667 g/mol. The molecule has 2 aromatic heterocycles. The van der Waals surface area contributed by atoms with Crippen LogP contribution >= 0.6 is 11.3 Å². The number of anilines is 1. The molecule has 4 aromatic rings. The molecule has 0 aliphatic carbocycles. The van der Waals surface area contributed by atoms with Gasteiger partial charge in [0.15, 0.2) is 6.73 Å². The van der Waals surface area contributed by atoms with Crippen molar-refractivity contribution in [3.63, 3.8) is 0 Å². The normalized spacial score (nSPS) is 14.0. The quantitative estimate of drug-likeness (QED) is 0.0431. The summed E-state index contributed by atoms with van der Waals surface area (Å²) in [6, 6.07) is 18.0. The van der Waals surface area contributed by atoms with Crippen LogP contribution in [0.3, 0.4) is 0 Å². The van der Waals surface area contributed by atoms with E-state index in [4.69, 9.17) is 9.47 Å². The van der Waals surface area contributed by atoms with E-state index in [-0.39, 0.29) is 18.3 Å². The van der Waals surface area contributed by atoms with Crippen LogP contribution in [-0.2, 0) is 16.3 Å². The van der Waals surface area contributed by atoms with Crippen LogP contribution in [0.5, 0.6) is 5.75 Å². The monoisotopic (exact) mass is 725 g/mol. The lowest BCUT2D eigenvalue weighted by molar-refractivity contribution is -0.147. The van der Waals surface area contributed by atoms with Crippen molar-refractivity contribution >= 4 is 44.0 Å². The summed E-state index contributed by atoms with van der Waals surface area (Å²) in [5.41, 5.74) is 1.88. The number of benzene rings is 2. The fourth-order valence-corrected chi connectivity index (χ4v) is 7.68. The Balaban J connectivity index is 0.942. The molecule has 5 rings (SSSR count). The first kappa shape index (κ1) is 39.3. The van der Waals surface area contributed by atoms with E-state index in [1.165, 1.54) is 64.9 Å². The van der Waals surface area contributed by atoms with Crippen LogP contribution in [0.25, 0.3) is 21.0 Å². The predicted octanol–water partition coefficient (Wildman–Crippen LogP) is 10.5. The Kier molecular flexibility index (Phi) is 16.8. The van der Waals surface area contributed by atoms with Gasteiger partial charge < -0.3 is 14.4 Å². The molecule has 8 heteroatoms. The minimum absolute atomic E-state index is 0.0889. The number of pyridine rings is 1. The fraction of sp³-hybridized carbons (Fsp3) is 0.500. The van der Waals surface area contributed by atoms with Gasteiger partial charge in [-0.25, -0.2) is 0 Å². The van der Waals surface area contributed by atoms with Crippen LogP contribution in [0.4, 0.5) is 5.69 Å². The first-order valence-electron chi connectivity index (χ1n) is 19.8. The first-order valence-corrected chi connectivity index (χ1v) is 20.7. The highest BCUT2D eigenvalue weighted by Gasteiger charge is 2.18. The average Bonchev–Trinajstić information content (AvgIpc) is 3.66. The molecule has 0 saturated carbocycles. The molecule has 7 nitrogen and oxygen atoms in total. The third kappa shape index (κ3) is 12.7. The highest BCUT2D eigenvalue weighted by Crippen LogP contribution is 2.31. The molecule has 0 atom stereocenters. The SMILES string of the molecule is CCCCC/C=C\C/C=C\CCCCCCCC(=O)OCn1c(=O)ccc2ccc(OCCCCN3CCN(c4cccc5sccc45)CC3)cc21. The summed E-state index contributed by atoms with van der Waals surface area (Å²) in [5.74, 6) is 0.461. The van der Waals surface area contributed by atoms with Crippen molar-refractivity contribution in [3.05, 3.63) is 94.6 Å². The Bertz CT molecular complexity index is 1770. The number of hydrogen-bond acceptors (Lipinski definition) is 7. The van der Waals surface area contributed by atoms with Gasteiger partial charge in [-0.1, -0.05) is 69.4 Å². The molecule has 0 radical (unpaired) electrons. The van der Waals surface area contributed by atoms with Gasteiger partial charge in [0.1, 0.15) is 5.75 Å². The summed E-state index contributed by atoms with van der Waals surface area (Å²) in [6.07, 6.45) is 24.1. The highest BCUT2D eigenvalue weighted by molar-refractivity contribution is 7.17. The molecule has 1 aliphatic heterocycles. The van der Waals surface area contributed by atoms with Gasteiger partial charge in [0, 0.05) is 60.5 Å². The third-order valence-corrected chi connectivity index (χ3v) is 10.9. The van der Waals surface area contributed by atoms with Crippen molar-refractivity contribution in [2.24, 2.45) is 0 Å². The smallest absolute Gasteiger partial charge is 0.307 e. The van der Waals surface area contributed by atoms with E-state index < -0.39 is 0 Å². The van der Waals surface area contributed by atoms with Gasteiger partial charge in [-0.05, 0) is 105 Å². The number of thiophene rings is 1. The van der Waals surface area contributed by atoms with Crippen molar-refractivity contribution in [2.45, 2.75) is 104 Å². The number of allylic oxidation sites excluding steroid dienone is 4. The van der Waals surface area contributed by atoms with Gasteiger partial charge in [-0.3, -0.25) is 19.1 Å². The first-order chi connectivity index (χ1) is 25.6. The van der Waals surface area contributed by atoms with Crippen LogP contribution in [0.1, 0.15) is 96.8 Å². The molecule has 2 aromatic carbocycles. The van der Waals surface area contributed by atoms with Crippen molar-refractivity contribution in [2.75, 3.05) is 44.2 Å². The number of carbonyl (C=O) groups is 1. The average molecular weight is 726 g/mol. The Morgan fingerprint density at radius 2 is 1.58 bits per heavy atom. The molecule has 3 heterocycles. The minimum Gasteiger partial charge on any atom is -0.494 e. The molecular formula is C44H59N3O4S. The maximum atomic E-state index is 12.8. The van der Waals surface area contributed by atoms with E-state index in [9.17, 15) is 9.59 Å². The number of hydrogen-bond donors (Lipinski definition) is 0. The second-order valence-electron chi connectivity index (χ2n) is 13.9. The van der Waals surface area contributed by atoms with E-state index in [0.29, 0.717) is 18.5 Å². The van der Waals surface area contributed by atoms with Gasteiger partial charge in [-0.2, -0.15) is 0 Å². The Morgan fingerprint density at radius 3 is 2.40 bits per heavy atom. The number of nitrogens with zero attached hydrogens (tertiary/aromatic N) is 3. The van der Waals surface area contributed by atoms with Crippen LogP contribution < -0.4 is 15.2 Å². The topological polar surface area (TPSA) is 64.0 Å². The van der Waals surface area contributed by atoms with Crippen LogP contribution in [-0.4, -0.2) is 54.8 Å². The molecule has 0 amide bonds. The minimum atomic E-state index is -0.261. The largest absolute Gasteiger partial charge is 0.494 e. The summed E-state index contributed by atoms with van der Waals surface area (Å²) in [4.78, 5) is 30.4. The van der Waals surface area contributed by atoms with Crippen molar-refractivity contribution in [3.8, 4) is 5.75 Å². The summed E-state index contributed by atoms with van der Waals surface area (Å²) in [7, 11) is 0. The van der Waals surface area contributed by atoms with E-state index in [0.717, 1.165) is 88.8 Å². The molecule has 52 heavy (non-hydrogen) atoms. The van der Waals surface area contributed by atoms with Gasteiger partial charge in [0.25, 0.3) is 5.56 Å². The Morgan fingerprint density at radius 1 is 0.808 bits per heavy atom. The molecule has 0 spiro atoms. The molecule has 280 valence electrons. The number of aromatic nitrogens is 1.